The van der Waals surface area contributed by atoms with E-state index >= 15 is 0 Å². The summed E-state index contributed by atoms with van der Waals surface area (Å²) in [6.07, 6.45) is 0. The number of nitrogens with zero attached hydrogens (tertiary/aromatic N) is 2. The second-order valence-corrected chi connectivity index (χ2v) is 5.28. The molecule has 0 saturated heterocycles. The van der Waals surface area contributed by atoms with Gasteiger partial charge in [-0.2, -0.15) is 0 Å². The van der Waals surface area contributed by atoms with E-state index in [9.17, 15) is 0 Å². The molecule has 0 unspecified atom stereocenters. The maximum absolute atomic E-state index is 6.31. The molecule has 0 aliphatic heterocycles. The third-order valence-corrected chi connectivity index (χ3v) is 3.62. The molecule has 1 heterocycles. The van der Waals surface area contributed by atoms with Gasteiger partial charge in [0.25, 0.3) is 0 Å². The summed E-state index contributed by atoms with van der Waals surface area (Å²) < 4.78 is 0. The van der Waals surface area contributed by atoms with Crippen LogP contribution >= 0.6 is 22.9 Å². The third kappa shape index (κ3) is 3.22. The van der Waals surface area contributed by atoms with E-state index in [4.69, 9.17) is 11.6 Å². The zero-order chi connectivity index (χ0) is 13.0. The minimum Gasteiger partial charge on any atom is -0.367 e. The van der Waals surface area contributed by atoms with Crippen LogP contribution in [-0.4, -0.2) is 19.1 Å². The van der Waals surface area contributed by atoms with E-state index < -0.39 is 0 Å². The van der Waals surface area contributed by atoms with Gasteiger partial charge in [0.2, 0.25) is 0 Å². The fourth-order valence-electron chi connectivity index (χ4n) is 1.82. The summed E-state index contributed by atoms with van der Waals surface area (Å²) in [5.74, 6) is 0. The minimum absolute atomic E-state index is 0.772. The number of thiazole rings is 1. The van der Waals surface area contributed by atoms with Gasteiger partial charge >= 0.3 is 0 Å². The van der Waals surface area contributed by atoms with Crippen LogP contribution in [0.1, 0.15) is 11.3 Å². The summed E-state index contributed by atoms with van der Waals surface area (Å²) in [6, 6.07) is 6.15. The Balaban J connectivity index is 2.12. The Morgan fingerprint density at radius 3 is 2.89 bits per heavy atom. The van der Waals surface area contributed by atoms with E-state index in [-0.39, 0.29) is 0 Å². The summed E-state index contributed by atoms with van der Waals surface area (Å²) in [5.41, 5.74) is 5.14. The van der Waals surface area contributed by atoms with Gasteiger partial charge in [-0.3, -0.25) is 0 Å². The minimum atomic E-state index is 0.772. The van der Waals surface area contributed by atoms with Crippen molar-refractivity contribution < 1.29 is 0 Å². The molecule has 0 radical (unpaired) electrons. The lowest BCUT2D eigenvalue weighted by atomic mass is 10.2. The first-order chi connectivity index (χ1) is 8.70. The number of benzene rings is 1. The highest BCUT2D eigenvalue weighted by atomic mass is 35.5. The predicted molar refractivity (Wildman–Crippen MR) is 78.4 cm³/mol. The van der Waals surface area contributed by atoms with Crippen molar-refractivity contribution in [3.63, 3.8) is 0 Å². The van der Waals surface area contributed by atoms with Crippen molar-refractivity contribution in [2.24, 2.45) is 0 Å². The molecule has 0 atom stereocenters. The van der Waals surface area contributed by atoms with E-state index in [1.165, 1.54) is 5.56 Å². The Morgan fingerprint density at radius 1 is 1.44 bits per heavy atom. The molecule has 1 aromatic carbocycles. The van der Waals surface area contributed by atoms with Crippen molar-refractivity contribution in [2.45, 2.75) is 13.1 Å². The molecule has 18 heavy (non-hydrogen) atoms. The number of aromatic nitrogens is 1. The smallest absolute Gasteiger partial charge is 0.0795 e. The van der Waals surface area contributed by atoms with E-state index in [1.807, 2.05) is 25.7 Å². The zero-order valence-corrected chi connectivity index (χ0v) is 12.1. The number of rotatable bonds is 5. The molecular formula is C13H16ClN3S. The molecule has 96 valence electrons. The Morgan fingerprint density at radius 2 is 2.28 bits per heavy atom. The molecule has 3 nitrogen and oxygen atoms in total. The van der Waals surface area contributed by atoms with E-state index in [0.29, 0.717) is 0 Å². The summed E-state index contributed by atoms with van der Waals surface area (Å²) in [6.45, 7) is 1.60. The second-order valence-electron chi connectivity index (χ2n) is 4.15. The highest BCUT2D eigenvalue weighted by Crippen LogP contribution is 2.27. The van der Waals surface area contributed by atoms with Gasteiger partial charge in [0.05, 0.1) is 28.5 Å². The average molecular weight is 282 g/mol. The van der Waals surface area contributed by atoms with Crippen molar-refractivity contribution in [3.8, 4) is 0 Å². The van der Waals surface area contributed by atoms with Gasteiger partial charge in [-0.25, -0.2) is 4.98 Å². The quantitative estimate of drug-likeness (QED) is 0.912. The van der Waals surface area contributed by atoms with Crippen LogP contribution in [-0.2, 0) is 13.1 Å². The Hall–Kier alpha value is -1.10. The fourth-order valence-corrected chi connectivity index (χ4v) is 2.71. The predicted octanol–water partition coefficient (Wildman–Crippen LogP) is 3.15. The Labute approximate surface area is 116 Å². The number of anilines is 1. The zero-order valence-electron chi connectivity index (χ0n) is 10.5. The number of hydrogen-bond acceptors (Lipinski definition) is 4. The average Bonchev–Trinajstić information content (AvgIpc) is 2.82. The normalized spacial score (nSPS) is 10.6. The van der Waals surface area contributed by atoms with Crippen LogP contribution in [0.5, 0.6) is 0 Å². The van der Waals surface area contributed by atoms with Gasteiger partial charge in [-0.05, 0) is 24.7 Å². The monoisotopic (exact) mass is 281 g/mol. The molecule has 0 amide bonds. The standard InChI is InChI=1S/C13H16ClN3S/c1-15-6-10-3-4-13(12(14)5-10)17(2)7-11-8-18-9-16-11/h3-5,8-9,15H,6-7H2,1-2H3. The molecule has 2 aromatic rings. The molecule has 0 aliphatic rings. The van der Waals surface area contributed by atoms with E-state index in [0.717, 1.165) is 29.5 Å². The largest absolute Gasteiger partial charge is 0.367 e. The molecule has 1 aromatic heterocycles. The molecule has 5 heteroatoms. The van der Waals surface area contributed by atoms with Crippen LogP contribution in [0.25, 0.3) is 0 Å². The van der Waals surface area contributed by atoms with Crippen molar-refractivity contribution in [1.82, 2.24) is 10.3 Å². The third-order valence-electron chi connectivity index (χ3n) is 2.69. The maximum Gasteiger partial charge on any atom is 0.0795 e. The van der Waals surface area contributed by atoms with E-state index in [1.54, 1.807) is 11.3 Å². The topological polar surface area (TPSA) is 28.2 Å². The molecule has 1 N–H and O–H groups in total. The first-order valence-electron chi connectivity index (χ1n) is 5.72. The van der Waals surface area contributed by atoms with Crippen LogP contribution < -0.4 is 10.2 Å². The first-order valence-corrected chi connectivity index (χ1v) is 7.04. The van der Waals surface area contributed by atoms with Crippen LogP contribution in [0.2, 0.25) is 5.02 Å². The SMILES string of the molecule is CNCc1ccc(N(C)Cc2cscn2)c(Cl)c1. The Bertz CT molecular complexity index is 499. The molecule has 0 saturated carbocycles. The summed E-state index contributed by atoms with van der Waals surface area (Å²) >= 11 is 7.92. The number of hydrogen-bond donors (Lipinski definition) is 1. The van der Waals surface area contributed by atoms with Gasteiger partial charge in [0.1, 0.15) is 0 Å². The fraction of sp³-hybridized carbons (Fsp3) is 0.308. The molecule has 0 spiro atoms. The van der Waals surface area contributed by atoms with Crippen LogP contribution in [0.15, 0.2) is 29.1 Å². The van der Waals surface area contributed by atoms with Crippen LogP contribution in [0.4, 0.5) is 5.69 Å². The van der Waals surface area contributed by atoms with E-state index in [2.05, 4.69) is 32.7 Å². The second kappa shape index (κ2) is 6.18. The summed E-state index contributed by atoms with van der Waals surface area (Å²) in [5, 5.41) is 5.95. The van der Waals surface area contributed by atoms with Gasteiger partial charge in [-0.15, -0.1) is 11.3 Å². The molecule has 2 rings (SSSR count). The van der Waals surface area contributed by atoms with Crippen LogP contribution in [0, 0.1) is 0 Å². The van der Waals surface area contributed by atoms with Crippen molar-refractivity contribution in [2.75, 3.05) is 19.0 Å². The molecule has 0 aliphatic carbocycles. The first kappa shape index (κ1) is 13.3. The van der Waals surface area contributed by atoms with Gasteiger partial charge < -0.3 is 10.2 Å². The molecular weight excluding hydrogens is 266 g/mol. The van der Waals surface area contributed by atoms with Crippen molar-refractivity contribution in [3.05, 3.63) is 45.4 Å². The highest BCUT2D eigenvalue weighted by Gasteiger charge is 2.08. The van der Waals surface area contributed by atoms with Gasteiger partial charge in [0, 0.05) is 19.0 Å². The lowest BCUT2D eigenvalue weighted by molar-refractivity contribution is 0.817. The lowest BCUT2D eigenvalue weighted by Gasteiger charge is -2.20. The summed E-state index contributed by atoms with van der Waals surface area (Å²) in [7, 11) is 3.95. The van der Waals surface area contributed by atoms with Gasteiger partial charge in [-0.1, -0.05) is 17.7 Å². The number of halogens is 1. The molecule has 0 bridgehead atoms. The van der Waals surface area contributed by atoms with Crippen LogP contribution in [0.3, 0.4) is 0 Å². The van der Waals surface area contributed by atoms with Crippen molar-refractivity contribution in [1.29, 1.82) is 0 Å². The highest BCUT2D eigenvalue weighted by molar-refractivity contribution is 7.07. The molecule has 0 fully saturated rings. The summed E-state index contributed by atoms with van der Waals surface area (Å²) in [4.78, 5) is 6.39. The number of nitrogens with one attached hydrogen (secondary N) is 1. The van der Waals surface area contributed by atoms with Crippen molar-refractivity contribution >= 4 is 28.6 Å². The lowest BCUT2D eigenvalue weighted by Crippen LogP contribution is -2.17. The maximum atomic E-state index is 6.31. The Kier molecular flexibility index (Phi) is 4.58. The van der Waals surface area contributed by atoms with Gasteiger partial charge in [0.15, 0.2) is 0 Å².